The third-order valence-electron chi connectivity index (χ3n) is 6.88. The van der Waals surface area contributed by atoms with Crippen LogP contribution in [0.25, 0.3) is 0 Å². The maximum Gasteiger partial charge on any atom is 0.256 e. The number of nitrogens with zero attached hydrogens (tertiary/aromatic N) is 4. The number of anilines is 2. The van der Waals surface area contributed by atoms with E-state index in [2.05, 4.69) is 10.2 Å². The zero-order valence-corrected chi connectivity index (χ0v) is 21.2. The van der Waals surface area contributed by atoms with Crippen LogP contribution in [-0.4, -0.2) is 37.5 Å². The lowest BCUT2D eigenvalue weighted by Crippen LogP contribution is -2.40. The third kappa shape index (κ3) is 4.14. The lowest BCUT2D eigenvalue weighted by Gasteiger charge is -2.30. The molecule has 0 saturated heterocycles. The first-order chi connectivity index (χ1) is 18.0. The van der Waals surface area contributed by atoms with E-state index in [1.807, 2.05) is 86.6 Å². The number of rotatable bonds is 7. The molecular weight excluding hydrogens is 468 g/mol. The summed E-state index contributed by atoms with van der Waals surface area (Å²) < 4.78 is 11.3. The summed E-state index contributed by atoms with van der Waals surface area (Å²) in [5.41, 5.74) is 3.25. The fourth-order valence-corrected chi connectivity index (χ4v) is 5.22. The molecule has 0 N–H and O–H groups in total. The maximum absolute atomic E-state index is 14.0. The van der Waals surface area contributed by atoms with Crippen molar-refractivity contribution in [1.82, 2.24) is 0 Å². The van der Waals surface area contributed by atoms with Gasteiger partial charge in [-0.1, -0.05) is 48.5 Å². The van der Waals surface area contributed by atoms with Gasteiger partial charge in [0.25, 0.3) is 11.8 Å². The van der Waals surface area contributed by atoms with Gasteiger partial charge in [0.05, 0.1) is 37.4 Å². The molecule has 2 aliphatic heterocycles. The van der Waals surface area contributed by atoms with Crippen molar-refractivity contribution in [3.05, 3.63) is 84.4 Å². The molecule has 0 unspecified atom stereocenters. The van der Waals surface area contributed by atoms with E-state index in [1.165, 1.54) is 10.0 Å². The zero-order chi connectivity index (χ0) is 26.1. The van der Waals surface area contributed by atoms with Crippen molar-refractivity contribution in [2.24, 2.45) is 22.0 Å². The van der Waals surface area contributed by atoms with Crippen LogP contribution < -0.4 is 19.5 Å². The Bertz CT molecular complexity index is 1310. The van der Waals surface area contributed by atoms with Crippen molar-refractivity contribution in [3.8, 4) is 11.5 Å². The lowest BCUT2D eigenvalue weighted by molar-refractivity contribution is -0.122. The Morgan fingerprint density at radius 1 is 0.676 bits per heavy atom. The average molecular weight is 497 g/mol. The topological polar surface area (TPSA) is 83.8 Å². The number of methoxy groups -OCH3 is 2. The molecule has 3 aromatic rings. The normalized spacial score (nSPS) is 19.4. The molecule has 0 radical (unpaired) electrons. The van der Waals surface area contributed by atoms with Crippen LogP contribution in [0, 0.1) is 11.8 Å². The number of amides is 2. The molecule has 37 heavy (non-hydrogen) atoms. The molecule has 0 aliphatic carbocycles. The number of hydrogen-bond donors (Lipinski definition) is 0. The number of carbonyl (C=O) groups is 2. The fraction of sp³-hybridized carbons (Fsp3) is 0.241. The Labute approximate surface area is 215 Å². The van der Waals surface area contributed by atoms with Gasteiger partial charge < -0.3 is 9.47 Å². The van der Waals surface area contributed by atoms with E-state index in [0.717, 1.165) is 0 Å². The zero-order valence-electron chi connectivity index (χ0n) is 21.2. The fourth-order valence-electron chi connectivity index (χ4n) is 5.22. The van der Waals surface area contributed by atoms with Crippen molar-refractivity contribution < 1.29 is 19.1 Å². The highest BCUT2D eigenvalue weighted by atomic mass is 16.5. The van der Waals surface area contributed by atoms with Gasteiger partial charge in [-0.25, -0.2) is 10.0 Å². The monoisotopic (exact) mass is 496 g/mol. The smallest absolute Gasteiger partial charge is 0.256 e. The van der Waals surface area contributed by atoms with Gasteiger partial charge in [-0.05, 0) is 44.2 Å². The minimum atomic E-state index is -0.712. The number of hydrogen-bond acceptors (Lipinski definition) is 6. The SMILES string of the molecule is COc1cccc(C([C@H]2C(=O)N(c3ccccc3)N=C2C)[C@H]2C(=O)N(c3ccccc3)N=C2C)c1OC. The van der Waals surface area contributed by atoms with E-state index in [1.54, 1.807) is 20.3 Å². The molecule has 0 saturated carbocycles. The van der Waals surface area contributed by atoms with E-state index in [9.17, 15) is 9.59 Å². The Hall–Kier alpha value is -4.46. The van der Waals surface area contributed by atoms with Crippen molar-refractivity contribution in [1.29, 1.82) is 0 Å². The number of ether oxygens (including phenoxy) is 2. The third-order valence-corrected chi connectivity index (χ3v) is 6.88. The van der Waals surface area contributed by atoms with Gasteiger partial charge >= 0.3 is 0 Å². The van der Waals surface area contributed by atoms with Crippen molar-refractivity contribution >= 4 is 34.6 Å². The number of benzene rings is 3. The highest BCUT2D eigenvalue weighted by molar-refractivity contribution is 6.19. The van der Waals surface area contributed by atoms with Gasteiger partial charge in [0.1, 0.15) is 0 Å². The van der Waals surface area contributed by atoms with Crippen LogP contribution in [0.4, 0.5) is 11.4 Å². The first-order valence-corrected chi connectivity index (χ1v) is 12.1. The molecule has 2 amide bonds. The van der Waals surface area contributed by atoms with Crippen LogP contribution in [0.3, 0.4) is 0 Å². The van der Waals surface area contributed by atoms with Crippen LogP contribution in [-0.2, 0) is 9.59 Å². The van der Waals surface area contributed by atoms with Gasteiger partial charge in [-0.2, -0.15) is 10.2 Å². The van der Waals surface area contributed by atoms with Gasteiger partial charge in [0, 0.05) is 22.9 Å². The van der Waals surface area contributed by atoms with Crippen LogP contribution in [0.5, 0.6) is 11.5 Å². The molecule has 0 fully saturated rings. The maximum atomic E-state index is 14.0. The Kier molecular flexibility index (Phi) is 6.48. The largest absolute Gasteiger partial charge is 0.493 e. The molecule has 0 bridgehead atoms. The summed E-state index contributed by atoms with van der Waals surface area (Å²) in [5.74, 6) is -1.47. The first kappa shape index (κ1) is 24.2. The summed E-state index contributed by atoms with van der Waals surface area (Å²) in [6.07, 6.45) is 0. The molecule has 8 nitrogen and oxygen atoms in total. The molecule has 188 valence electrons. The average Bonchev–Trinajstić information content (AvgIpc) is 3.39. The number of carbonyl (C=O) groups excluding carboxylic acids is 2. The molecule has 3 aromatic carbocycles. The summed E-state index contributed by atoms with van der Waals surface area (Å²) in [6.45, 7) is 3.65. The molecule has 2 atom stereocenters. The second-order valence-electron chi connectivity index (χ2n) is 9.02. The second kappa shape index (κ2) is 9.89. The predicted molar refractivity (Wildman–Crippen MR) is 143 cm³/mol. The summed E-state index contributed by atoms with van der Waals surface area (Å²) in [6, 6.07) is 24.1. The summed E-state index contributed by atoms with van der Waals surface area (Å²) in [4.78, 5) is 28.0. The standard InChI is InChI=1S/C29H28N4O4/c1-18-24(28(34)32(30-18)20-12-7-5-8-13-20)26(22-16-11-17-23(36-3)27(22)37-4)25-19(2)31-33(29(25)35)21-14-9-6-10-15-21/h5-17,24-26H,1-4H3/t24-,25-/m0/s1. The minimum Gasteiger partial charge on any atom is -0.493 e. The second-order valence-corrected chi connectivity index (χ2v) is 9.02. The molecular formula is C29H28N4O4. The Morgan fingerprint density at radius 3 is 1.59 bits per heavy atom. The van der Waals surface area contributed by atoms with Crippen molar-refractivity contribution in [2.45, 2.75) is 19.8 Å². The van der Waals surface area contributed by atoms with Crippen LogP contribution in [0.1, 0.15) is 25.3 Å². The molecule has 5 rings (SSSR count). The Morgan fingerprint density at radius 2 is 1.16 bits per heavy atom. The van der Waals surface area contributed by atoms with Crippen molar-refractivity contribution in [2.75, 3.05) is 24.2 Å². The molecule has 8 heteroatoms. The van der Waals surface area contributed by atoms with E-state index < -0.39 is 17.8 Å². The quantitative estimate of drug-likeness (QED) is 0.467. The predicted octanol–water partition coefficient (Wildman–Crippen LogP) is 4.87. The molecule has 2 aliphatic rings. The molecule has 0 spiro atoms. The summed E-state index contributed by atoms with van der Waals surface area (Å²) in [7, 11) is 3.12. The summed E-state index contributed by atoms with van der Waals surface area (Å²) >= 11 is 0. The van der Waals surface area contributed by atoms with Gasteiger partial charge in [0.15, 0.2) is 11.5 Å². The number of hydrazone groups is 2. The summed E-state index contributed by atoms with van der Waals surface area (Å²) in [5, 5.41) is 12.1. The molecule has 2 heterocycles. The van der Waals surface area contributed by atoms with Gasteiger partial charge in [-0.15, -0.1) is 0 Å². The van der Waals surface area contributed by atoms with E-state index in [-0.39, 0.29) is 11.8 Å². The van der Waals surface area contributed by atoms with Crippen LogP contribution >= 0.6 is 0 Å². The Balaban J connectivity index is 1.64. The first-order valence-electron chi connectivity index (χ1n) is 12.1. The molecule has 0 aromatic heterocycles. The van der Waals surface area contributed by atoms with Gasteiger partial charge in [0.2, 0.25) is 0 Å². The van der Waals surface area contributed by atoms with Crippen LogP contribution in [0.15, 0.2) is 89.1 Å². The van der Waals surface area contributed by atoms with E-state index >= 15 is 0 Å². The number of para-hydroxylation sites is 3. The highest BCUT2D eigenvalue weighted by Gasteiger charge is 2.51. The van der Waals surface area contributed by atoms with Crippen molar-refractivity contribution in [3.63, 3.8) is 0 Å². The van der Waals surface area contributed by atoms with Gasteiger partial charge in [-0.3, -0.25) is 9.59 Å². The lowest BCUT2D eigenvalue weighted by atomic mass is 9.72. The van der Waals surface area contributed by atoms with E-state index in [4.69, 9.17) is 9.47 Å². The minimum absolute atomic E-state index is 0.211. The van der Waals surface area contributed by atoms with E-state index in [0.29, 0.717) is 39.9 Å². The highest BCUT2D eigenvalue weighted by Crippen LogP contribution is 2.47. The van der Waals surface area contributed by atoms with Crippen LogP contribution in [0.2, 0.25) is 0 Å².